The summed E-state index contributed by atoms with van der Waals surface area (Å²) < 4.78 is 1.99. The van der Waals surface area contributed by atoms with E-state index in [2.05, 4.69) is 32.4 Å². The van der Waals surface area contributed by atoms with Crippen molar-refractivity contribution in [2.24, 2.45) is 0 Å². The first kappa shape index (κ1) is 10.5. The highest BCUT2D eigenvalue weighted by atomic mass is 15.3. The van der Waals surface area contributed by atoms with E-state index in [4.69, 9.17) is 0 Å². The van der Waals surface area contributed by atoms with Crippen molar-refractivity contribution in [1.82, 2.24) is 24.7 Å². The van der Waals surface area contributed by atoms with Crippen LogP contribution in [0.4, 0.5) is 5.82 Å². The highest BCUT2D eigenvalue weighted by Gasteiger charge is 2.02. The molecule has 0 aliphatic rings. The Morgan fingerprint density at radius 1 is 1.44 bits per heavy atom. The second-order valence-corrected chi connectivity index (χ2v) is 3.38. The molecule has 1 N–H and O–H groups in total. The number of rotatable bonds is 4. The monoisotopic (exact) mass is 218 g/mol. The van der Waals surface area contributed by atoms with Crippen LogP contribution in [0.15, 0.2) is 18.6 Å². The number of nitrogens with one attached hydrogen (secondary N) is 1. The van der Waals surface area contributed by atoms with Gasteiger partial charge in [0, 0.05) is 12.7 Å². The average Bonchev–Trinajstić information content (AvgIpc) is 2.74. The van der Waals surface area contributed by atoms with Gasteiger partial charge in [-0.3, -0.25) is 0 Å². The highest BCUT2D eigenvalue weighted by Crippen LogP contribution is 2.03. The molecule has 0 aliphatic heterocycles. The Morgan fingerprint density at radius 3 is 3.06 bits per heavy atom. The normalized spacial score (nSPS) is 10.4. The maximum Gasteiger partial charge on any atom is 0.152 e. The SMILES string of the molecule is CCn1cnnc1CNc1ccnc(C)n1. The van der Waals surface area contributed by atoms with E-state index < -0.39 is 0 Å². The summed E-state index contributed by atoms with van der Waals surface area (Å²) in [6.45, 7) is 5.40. The molecule has 2 heterocycles. The standard InChI is InChI=1S/C10H14N6/c1-3-16-7-13-15-10(16)6-12-9-4-5-11-8(2)14-9/h4-5,7H,3,6H2,1-2H3,(H,11,12,14). The topological polar surface area (TPSA) is 68.5 Å². The summed E-state index contributed by atoms with van der Waals surface area (Å²) in [4.78, 5) is 8.28. The predicted molar refractivity (Wildman–Crippen MR) is 59.8 cm³/mol. The number of nitrogens with zero attached hydrogens (tertiary/aromatic N) is 5. The highest BCUT2D eigenvalue weighted by molar-refractivity contribution is 5.32. The van der Waals surface area contributed by atoms with Gasteiger partial charge < -0.3 is 9.88 Å². The fourth-order valence-electron chi connectivity index (χ4n) is 1.40. The zero-order chi connectivity index (χ0) is 11.4. The van der Waals surface area contributed by atoms with Crippen LogP contribution in [-0.4, -0.2) is 24.7 Å². The third kappa shape index (κ3) is 2.33. The second kappa shape index (κ2) is 4.69. The molecule has 0 saturated heterocycles. The number of hydrogen-bond donors (Lipinski definition) is 1. The van der Waals surface area contributed by atoms with E-state index in [0.717, 1.165) is 24.0 Å². The number of anilines is 1. The molecule has 0 atom stereocenters. The molecule has 6 heteroatoms. The molecule has 0 saturated carbocycles. The zero-order valence-corrected chi connectivity index (χ0v) is 9.38. The Morgan fingerprint density at radius 2 is 2.31 bits per heavy atom. The van der Waals surface area contributed by atoms with Gasteiger partial charge in [-0.1, -0.05) is 0 Å². The quantitative estimate of drug-likeness (QED) is 0.829. The van der Waals surface area contributed by atoms with E-state index in [1.807, 2.05) is 17.6 Å². The van der Waals surface area contributed by atoms with Crippen LogP contribution in [0.2, 0.25) is 0 Å². The molecule has 84 valence electrons. The fraction of sp³-hybridized carbons (Fsp3) is 0.400. The molecule has 0 amide bonds. The first-order valence-electron chi connectivity index (χ1n) is 5.20. The summed E-state index contributed by atoms with van der Waals surface area (Å²) in [6.07, 6.45) is 3.46. The third-order valence-corrected chi connectivity index (χ3v) is 2.24. The predicted octanol–water partition coefficient (Wildman–Crippen LogP) is 1.01. The van der Waals surface area contributed by atoms with Crippen LogP contribution in [0, 0.1) is 6.92 Å². The van der Waals surface area contributed by atoms with Gasteiger partial charge in [0.2, 0.25) is 0 Å². The Kier molecular flexibility index (Phi) is 3.09. The average molecular weight is 218 g/mol. The first-order valence-corrected chi connectivity index (χ1v) is 5.20. The summed E-state index contributed by atoms with van der Waals surface area (Å²) in [5.41, 5.74) is 0. The Hall–Kier alpha value is -1.98. The minimum Gasteiger partial charge on any atom is -0.363 e. The molecule has 0 spiro atoms. The van der Waals surface area contributed by atoms with Crippen LogP contribution < -0.4 is 5.32 Å². The fourth-order valence-corrected chi connectivity index (χ4v) is 1.40. The van der Waals surface area contributed by atoms with E-state index in [9.17, 15) is 0 Å². The Balaban J connectivity index is 2.02. The molecule has 0 aliphatic carbocycles. The summed E-state index contributed by atoms with van der Waals surface area (Å²) in [5.74, 6) is 2.46. The van der Waals surface area contributed by atoms with Gasteiger partial charge in [0.15, 0.2) is 5.82 Å². The molecule has 2 rings (SSSR count). The number of aryl methyl sites for hydroxylation is 2. The summed E-state index contributed by atoms with van der Waals surface area (Å²) in [5, 5.41) is 11.1. The van der Waals surface area contributed by atoms with Crippen molar-refractivity contribution in [2.75, 3.05) is 5.32 Å². The van der Waals surface area contributed by atoms with Crippen molar-refractivity contribution in [3.05, 3.63) is 30.2 Å². The van der Waals surface area contributed by atoms with Crippen molar-refractivity contribution in [1.29, 1.82) is 0 Å². The van der Waals surface area contributed by atoms with Crippen molar-refractivity contribution < 1.29 is 0 Å². The molecule has 0 unspecified atom stereocenters. The summed E-state index contributed by atoms with van der Waals surface area (Å²) in [6, 6.07) is 1.83. The minimum atomic E-state index is 0.615. The lowest BCUT2D eigenvalue weighted by molar-refractivity contribution is 0.707. The van der Waals surface area contributed by atoms with Crippen LogP contribution in [0.1, 0.15) is 18.6 Å². The molecule has 6 nitrogen and oxygen atoms in total. The molecular formula is C10H14N6. The van der Waals surface area contributed by atoms with E-state index >= 15 is 0 Å². The lowest BCUT2D eigenvalue weighted by atomic mass is 10.5. The van der Waals surface area contributed by atoms with E-state index in [0.29, 0.717) is 6.54 Å². The summed E-state index contributed by atoms with van der Waals surface area (Å²) >= 11 is 0. The molecule has 16 heavy (non-hydrogen) atoms. The second-order valence-electron chi connectivity index (χ2n) is 3.38. The largest absolute Gasteiger partial charge is 0.363 e. The van der Waals surface area contributed by atoms with Gasteiger partial charge in [0.05, 0.1) is 6.54 Å². The molecular weight excluding hydrogens is 204 g/mol. The van der Waals surface area contributed by atoms with Crippen LogP contribution in [-0.2, 0) is 13.1 Å². The van der Waals surface area contributed by atoms with Crippen LogP contribution in [0.5, 0.6) is 0 Å². The van der Waals surface area contributed by atoms with Crippen molar-refractivity contribution in [2.45, 2.75) is 26.9 Å². The first-order chi connectivity index (χ1) is 7.79. The maximum atomic E-state index is 4.25. The van der Waals surface area contributed by atoms with Crippen LogP contribution in [0.25, 0.3) is 0 Å². The molecule has 0 aromatic carbocycles. The van der Waals surface area contributed by atoms with Crippen LogP contribution >= 0.6 is 0 Å². The maximum absolute atomic E-state index is 4.25. The van der Waals surface area contributed by atoms with Gasteiger partial charge >= 0.3 is 0 Å². The van der Waals surface area contributed by atoms with E-state index in [1.54, 1.807) is 12.5 Å². The van der Waals surface area contributed by atoms with Crippen molar-refractivity contribution in [3.8, 4) is 0 Å². The third-order valence-electron chi connectivity index (χ3n) is 2.24. The molecule has 0 fully saturated rings. The lowest BCUT2D eigenvalue weighted by Gasteiger charge is -2.06. The molecule has 2 aromatic heterocycles. The molecule has 2 aromatic rings. The Labute approximate surface area is 93.8 Å². The van der Waals surface area contributed by atoms with Gasteiger partial charge in [0.25, 0.3) is 0 Å². The van der Waals surface area contributed by atoms with Crippen molar-refractivity contribution in [3.63, 3.8) is 0 Å². The zero-order valence-electron chi connectivity index (χ0n) is 9.38. The van der Waals surface area contributed by atoms with Crippen LogP contribution in [0.3, 0.4) is 0 Å². The smallest absolute Gasteiger partial charge is 0.152 e. The van der Waals surface area contributed by atoms with E-state index in [-0.39, 0.29) is 0 Å². The summed E-state index contributed by atoms with van der Waals surface area (Å²) in [7, 11) is 0. The van der Waals surface area contributed by atoms with Gasteiger partial charge in [-0.25, -0.2) is 9.97 Å². The number of aromatic nitrogens is 5. The van der Waals surface area contributed by atoms with Gasteiger partial charge in [-0.05, 0) is 19.9 Å². The van der Waals surface area contributed by atoms with Gasteiger partial charge in [-0.2, -0.15) is 0 Å². The Bertz CT molecular complexity index is 464. The van der Waals surface area contributed by atoms with E-state index in [1.165, 1.54) is 0 Å². The van der Waals surface area contributed by atoms with Crippen molar-refractivity contribution >= 4 is 5.82 Å². The molecule has 0 radical (unpaired) electrons. The minimum absolute atomic E-state index is 0.615. The van der Waals surface area contributed by atoms with Gasteiger partial charge in [-0.15, -0.1) is 10.2 Å². The molecule has 0 bridgehead atoms. The van der Waals surface area contributed by atoms with Gasteiger partial charge in [0.1, 0.15) is 18.0 Å². The number of hydrogen-bond acceptors (Lipinski definition) is 5. The lowest BCUT2D eigenvalue weighted by Crippen LogP contribution is -2.08.